The molecular formula is C19H18N2O2S. The number of pyridine rings is 1. The molecular weight excluding hydrogens is 320 g/mol. The van der Waals surface area contributed by atoms with Crippen molar-refractivity contribution < 1.29 is 8.42 Å². The summed E-state index contributed by atoms with van der Waals surface area (Å²) in [4.78, 5) is 4.58. The van der Waals surface area contributed by atoms with Crippen LogP contribution in [0.5, 0.6) is 0 Å². The first kappa shape index (κ1) is 16.2. The van der Waals surface area contributed by atoms with Crippen LogP contribution in [-0.2, 0) is 10.0 Å². The Kier molecular flexibility index (Phi) is 4.36. The molecule has 0 aliphatic heterocycles. The normalized spacial score (nSPS) is 11.2. The van der Waals surface area contributed by atoms with Gasteiger partial charge in [0, 0.05) is 17.4 Å². The Morgan fingerprint density at radius 1 is 0.833 bits per heavy atom. The third-order valence-electron chi connectivity index (χ3n) is 3.68. The molecule has 3 aromatic rings. The lowest BCUT2D eigenvalue weighted by atomic mass is 10.1. The van der Waals surface area contributed by atoms with E-state index in [1.807, 2.05) is 38.1 Å². The zero-order valence-electron chi connectivity index (χ0n) is 13.5. The second-order valence-electron chi connectivity index (χ2n) is 5.71. The summed E-state index contributed by atoms with van der Waals surface area (Å²) in [7, 11) is -3.58. The highest BCUT2D eigenvalue weighted by Crippen LogP contribution is 2.22. The van der Waals surface area contributed by atoms with Gasteiger partial charge in [-0.2, -0.15) is 0 Å². The summed E-state index contributed by atoms with van der Waals surface area (Å²) in [5.41, 5.74) is 4.47. The fourth-order valence-electron chi connectivity index (χ4n) is 2.33. The van der Waals surface area contributed by atoms with E-state index in [9.17, 15) is 8.42 Å². The number of nitrogens with one attached hydrogen (secondary N) is 1. The molecule has 0 spiro atoms. The molecule has 0 fully saturated rings. The van der Waals surface area contributed by atoms with Gasteiger partial charge in [-0.05, 0) is 55.8 Å². The third kappa shape index (κ3) is 3.63. The number of aryl methyl sites for hydroxylation is 2. The molecule has 5 heteroatoms. The molecule has 1 heterocycles. The van der Waals surface area contributed by atoms with Crippen LogP contribution in [-0.4, -0.2) is 13.4 Å². The first-order chi connectivity index (χ1) is 11.4. The molecule has 0 radical (unpaired) electrons. The van der Waals surface area contributed by atoms with Gasteiger partial charge in [0.15, 0.2) is 0 Å². The van der Waals surface area contributed by atoms with Gasteiger partial charge in [-0.1, -0.05) is 29.8 Å². The number of sulfonamides is 1. The highest BCUT2D eigenvalue weighted by molar-refractivity contribution is 7.92. The number of aromatic nitrogens is 1. The van der Waals surface area contributed by atoms with Gasteiger partial charge >= 0.3 is 0 Å². The Morgan fingerprint density at radius 3 is 2.12 bits per heavy atom. The Labute approximate surface area is 142 Å². The molecule has 2 aromatic carbocycles. The van der Waals surface area contributed by atoms with Crippen molar-refractivity contribution in [3.63, 3.8) is 0 Å². The SMILES string of the molecule is Cc1ccc(S(=O)(=O)Nc2ccc(-c3cc(C)ccn3)cc2)cc1. The highest BCUT2D eigenvalue weighted by Gasteiger charge is 2.13. The van der Waals surface area contributed by atoms with Crippen LogP contribution in [0.2, 0.25) is 0 Å². The molecule has 122 valence electrons. The second kappa shape index (κ2) is 6.45. The number of rotatable bonds is 4. The molecule has 0 amide bonds. The van der Waals surface area contributed by atoms with E-state index >= 15 is 0 Å². The van der Waals surface area contributed by atoms with Crippen molar-refractivity contribution in [3.8, 4) is 11.3 Å². The van der Waals surface area contributed by atoms with Crippen LogP contribution in [0, 0.1) is 13.8 Å². The number of nitrogens with zero attached hydrogens (tertiary/aromatic N) is 1. The lowest BCUT2D eigenvalue weighted by Gasteiger charge is -2.09. The zero-order chi connectivity index (χ0) is 17.2. The third-order valence-corrected chi connectivity index (χ3v) is 5.08. The van der Waals surface area contributed by atoms with Crippen molar-refractivity contribution in [1.29, 1.82) is 0 Å². The van der Waals surface area contributed by atoms with Crippen LogP contribution in [0.15, 0.2) is 71.8 Å². The van der Waals surface area contributed by atoms with Gasteiger partial charge in [-0.15, -0.1) is 0 Å². The Bertz CT molecular complexity index is 947. The van der Waals surface area contributed by atoms with Crippen molar-refractivity contribution in [2.75, 3.05) is 4.72 Å². The van der Waals surface area contributed by atoms with Crippen LogP contribution >= 0.6 is 0 Å². The Morgan fingerprint density at radius 2 is 1.50 bits per heavy atom. The largest absolute Gasteiger partial charge is 0.280 e. The first-order valence-electron chi connectivity index (χ1n) is 7.57. The average Bonchev–Trinajstić information content (AvgIpc) is 2.55. The standard InChI is InChI=1S/C19H18N2O2S/c1-14-3-9-18(10-4-14)24(22,23)21-17-7-5-16(6-8-17)19-13-15(2)11-12-20-19/h3-13,21H,1-2H3. The monoisotopic (exact) mass is 338 g/mol. The maximum Gasteiger partial charge on any atom is 0.261 e. The predicted octanol–water partition coefficient (Wildman–Crippen LogP) is 4.17. The van der Waals surface area contributed by atoms with Crippen LogP contribution in [0.1, 0.15) is 11.1 Å². The van der Waals surface area contributed by atoms with E-state index in [0.717, 1.165) is 22.4 Å². The molecule has 1 aromatic heterocycles. The van der Waals surface area contributed by atoms with E-state index in [1.54, 1.807) is 42.6 Å². The van der Waals surface area contributed by atoms with Crippen molar-refractivity contribution in [2.45, 2.75) is 18.7 Å². The summed E-state index contributed by atoms with van der Waals surface area (Å²) in [5, 5.41) is 0. The van der Waals surface area contributed by atoms with Gasteiger partial charge in [-0.3, -0.25) is 9.71 Å². The van der Waals surface area contributed by atoms with Gasteiger partial charge in [-0.25, -0.2) is 8.42 Å². The molecule has 3 rings (SSSR count). The second-order valence-corrected chi connectivity index (χ2v) is 7.40. The Balaban J connectivity index is 1.82. The van der Waals surface area contributed by atoms with E-state index in [2.05, 4.69) is 9.71 Å². The van der Waals surface area contributed by atoms with Crippen molar-refractivity contribution in [3.05, 3.63) is 78.0 Å². The molecule has 0 saturated heterocycles. The maximum absolute atomic E-state index is 12.4. The molecule has 0 bridgehead atoms. The van der Waals surface area contributed by atoms with Gasteiger partial charge in [0.1, 0.15) is 0 Å². The minimum Gasteiger partial charge on any atom is -0.280 e. The average molecular weight is 338 g/mol. The minimum atomic E-state index is -3.58. The number of hydrogen-bond donors (Lipinski definition) is 1. The number of benzene rings is 2. The van der Waals surface area contributed by atoms with E-state index in [-0.39, 0.29) is 4.90 Å². The molecule has 24 heavy (non-hydrogen) atoms. The molecule has 4 nitrogen and oxygen atoms in total. The summed E-state index contributed by atoms with van der Waals surface area (Å²) in [6.45, 7) is 3.93. The van der Waals surface area contributed by atoms with E-state index < -0.39 is 10.0 Å². The predicted molar refractivity (Wildman–Crippen MR) is 96.4 cm³/mol. The summed E-state index contributed by atoms with van der Waals surface area (Å²) in [6.07, 6.45) is 1.76. The first-order valence-corrected chi connectivity index (χ1v) is 9.05. The van der Waals surface area contributed by atoms with E-state index in [1.165, 1.54) is 0 Å². The summed E-state index contributed by atoms with van der Waals surface area (Å²) in [6, 6.07) is 17.9. The van der Waals surface area contributed by atoms with Gasteiger partial charge in [0.2, 0.25) is 0 Å². The molecule has 0 atom stereocenters. The fraction of sp³-hybridized carbons (Fsp3) is 0.105. The van der Waals surface area contributed by atoms with E-state index in [0.29, 0.717) is 5.69 Å². The van der Waals surface area contributed by atoms with E-state index in [4.69, 9.17) is 0 Å². The summed E-state index contributed by atoms with van der Waals surface area (Å²) in [5.74, 6) is 0. The van der Waals surface area contributed by atoms with Crippen LogP contribution in [0.3, 0.4) is 0 Å². The van der Waals surface area contributed by atoms with Crippen molar-refractivity contribution >= 4 is 15.7 Å². The van der Waals surface area contributed by atoms with Gasteiger partial charge < -0.3 is 0 Å². The molecule has 0 aliphatic rings. The van der Waals surface area contributed by atoms with Gasteiger partial charge in [0.05, 0.1) is 10.6 Å². The topological polar surface area (TPSA) is 59.1 Å². The van der Waals surface area contributed by atoms with Crippen LogP contribution in [0.4, 0.5) is 5.69 Å². The van der Waals surface area contributed by atoms with Crippen LogP contribution < -0.4 is 4.72 Å². The molecule has 0 unspecified atom stereocenters. The maximum atomic E-state index is 12.4. The zero-order valence-corrected chi connectivity index (χ0v) is 14.3. The quantitative estimate of drug-likeness (QED) is 0.777. The molecule has 0 aliphatic carbocycles. The number of anilines is 1. The Hall–Kier alpha value is -2.66. The van der Waals surface area contributed by atoms with Crippen molar-refractivity contribution in [2.24, 2.45) is 0 Å². The summed E-state index contributed by atoms with van der Waals surface area (Å²) >= 11 is 0. The molecule has 0 saturated carbocycles. The van der Waals surface area contributed by atoms with Crippen molar-refractivity contribution in [1.82, 2.24) is 4.98 Å². The van der Waals surface area contributed by atoms with Gasteiger partial charge in [0.25, 0.3) is 10.0 Å². The fourth-order valence-corrected chi connectivity index (χ4v) is 3.39. The minimum absolute atomic E-state index is 0.248. The van der Waals surface area contributed by atoms with Crippen LogP contribution in [0.25, 0.3) is 11.3 Å². The lowest BCUT2D eigenvalue weighted by Crippen LogP contribution is -2.12. The lowest BCUT2D eigenvalue weighted by molar-refractivity contribution is 0.601. The molecule has 1 N–H and O–H groups in total. The summed E-state index contributed by atoms with van der Waals surface area (Å²) < 4.78 is 27.4. The smallest absolute Gasteiger partial charge is 0.261 e. The number of hydrogen-bond acceptors (Lipinski definition) is 3. The highest BCUT2D eigenvalue weighted by atomic mass is 32.2.